The molecular formula is C22H41NO3. The van der Waals surface area contributed by atoms with Gasteiger partial charge in [0.25, 0.3) is 0 Å². The number of ether oxygens (including phenoxy) is 2. The summed E-state index contributed by atoms with van der Waals surface area (Å²) in [5.74, 6) is 1.03. The standard InChI is InChI=1S/C22H41NO3/c1-5-19(4)26-17-16-25-15-14-23-12-10-22(11-13-23)8-6-20(7-9-22)21(24)18(2)3/h18-20H,5-17H2,1-4H3. The molecule has 152 valence electrons. The highest BCUT2D eigenvalue weighted by Gasteiger charge is 2.39. The lowest BCUT2D eigenvalue weighted by atomic mass is 9.64. The third-order valence-electron chi connectivity index (χ3n) is 6.69. The Morgan fingerprint density at radius 2 is 1.69 bits per heavy atom. The van der Waals surface area contributed by atoms with E-state index in [0.29, 0.717) is 36.4 Å². The molecule has 0 aromatic rings. The Morgan fingerprint density at radius 1 is 1.04 bits per heavy atom. The van der Waals surface area contributed by atoms with Gasteiger partial charge in [-0.25, -0.2) is 0 Å². The molecule has 4 nitrogen and oxygen atoms in total. The minimum absolute atomic E-state index is 0.200. The van der Waals surface area contributed by atoms with Crippen molar-refractivity contribution < 1.29 is 14.3 Å². The van der Waals surface area contributed by atoms with Crippen LogP contribution in [0.25, 0.3) is 0 Å². The molecular weight excluding hydrogens is 326 g/mol. The summed E-state index contributed by atoms with van der Waals surface area (Å²) in [5.41, 5.74) is 0.523. The molecule has 1 saturated heterocycles. The molecule has 1 aliphatic carbocycles. The lowest BCUT2D eigenvalue weighted by Crippen LogP contribution is -2.43. The van der Waals surface area contributed by atoms with Gasteiger partial charge in [-0.05, 0) is 70.4 Å². The lowest BCUT2D eigenvalue weighted by Gasteiger charge is -2.46. The van der Waals surface area contributed by atoms with Gasteiger partial charge in [0.2, 0.25) is 0 Å². The number of hydrogen-bond acceptors (Lipinski definition) is 4. The largest absolute Gasteiger partial charge is 0.378 e. The van der Waals surface area contributed by atoms with E-state index in [0.717, 1.165) is 32.4 Å². The minimum atomic E-state index is 0.200. The molecule has 1 unspecified atom stereocenters. The summed E-state index contributed by atoms with van der Waals surface area (Å²) in [6.07, 6.45) is 8.75. The third kappa shape index (κ3) is 6.61. The topological polar surface area (TPSA) is 38.8 Å². The van der Waals surface area contributed by atoms with Crippen molar-refractivity contribution in [3.8, 4) is 0 Å². The zero-order valence-corrected chi connectivity index (χ0v) is 17.6. The van der Waals surface area contributed by atoms with Crippen LogP contribution in [-0.2, 0) is 14.3 Å². The Hall–Kier alpha value is -0.450. The van der Waals surface area contributed by atoms with E-state index < -0.39 is 0 Å². The Balaban J connectivity index is 1.57. The molecule has 2 aliphatic rings. The highest BCUT2D eigenvalue weighted by Crippen LogP contribution is 2.46. The zero-order valence-electron chi connectivity index (χ0n) is 17.6. The van der Waals surface area contributed by atoms with E-state index >= 15 is 0 Å². The molecule has 4 heteroatoms. The van der Waals surface area contributed by atoms with Gasteiger partial charge in [0, 0.05) is 18.4 Å². The molecule has 26 heavy (non-hydrogen) atoms. The van der Waals surface area contributed by atoms with E-state index in [1.54, 1.807) is 0 Å². The molecule has 1 atom stereocenters. The average Bonchev–Trinajstić information content (AvgIpc) is 2.66. The molecule has 0 aromatic carbocycles. The van der Waals surface area contributed by atoms with Crippen LogP contribution < -0.4 is 0 Å². The van der Waals surface area contributed by atoms with E-state index in [1.165, 1.54) is 38.8 Å². The van der Waals surface area contributed by atoms with E-state index in [4.69, 9.17) is 9.47 Å². The van der Waals surface area contributed by atoms with Crippen LogP contribution in [0.2, 0.25) is 0 Å². The summed E-state index contributed by atoms with van der Waals surface area (Å²) in [4.78, 5) is 14.8. The minimum Gasteiger partial charge on any atom is -0.378 e. The van der Waals surface area contributed by atoms with Crippen molar-refractivity contribution >= 4 is 5.78 Å². The number of Topliss-reactive ketones (excluding diaryl/α,β-unsaturated/α-hetero) is 1. The van der Waals surface area contributed by atoms with Gasteiger partial charge in [0.05, 0.1) is 25.9 Å². The highest BCUT2D eigenvalue weighted by molar-refractivity contribution is 5.82. The first kappa shape index (κ1) is 21.8. The zero-order chi connectivity index (χ0) is 19.0. The van der Waals surface area contributed by atoms with Crippen LogP contribution in [0.4, 0.5) is 0 Å². The first-order chi connectivity index (χ1) is 12.5. The van der Waals surface area contributed by atoms with Crippen molar-refractivity contribution in [1.29, 1.82) is 0 Å². The smallest absolute Gasteiger partial charge is 0.138 e. The van der Waals surface area contributed by atoms with Gasteiger partial charge in [0.1, 0.15) is 5.78 Å². The van der Waals surface area contributed by atoms with Crippen LogP contribution in [0.15, 0.2) is 0 Å². The van der Waals surface area contributed by atoms with E-state index in [-0.39, 0.29) is 5.92 Å². The molecule has 0 amide bonds. The number of piperidine rings is 1. The number of carbonyl (C=O) groups is 1. The third-order valence-corrected chi connectivity index (χ3v) is 6.69. The maximum atomic E-state index is 12.2. The summed E-state index contributed by atoms with van der Waals surface area (Å²) in [7, 11) is 0. The highest BCUT2D eigenvalue weighted by atomic mass is 16.5. The van der Waals surface area contributed by atoms with Gasteiger partial charge in [-0.1, -0.05) is 20.8 Å². The van der Waals surface area contributed by atoms with Crippen molar-refractivity contribution in [2.45, 2.75) is 78.7 Å². The Labute approximate surface area is 161 Å². The van der Waals surface area contributed by atoms with Gasteiger partial charge in [0.15, 0.2) is 0 Å². The second kappa shape index (κ2) is 10.8. The number of ketones is 1. The fourth-order valence-electron chi connectivity index (χ4n) is 4.46. The summed E-state index contributed by atoms with van der Waals surface area (Å²) in [5, 5.41) is 0. The summed E-state index contributed by atoms with van der Waals surface area (Å²) in [6.45, 7) is 14.0. The number of rotatable bonds is 10. The van der Waals surface area contributed by atoms with Gasteiger partial charge in [-0.15, -0.1) is 0 Å². The molecule has 2 fully saturated rings. The second-order valence-corrected chi connectivity index (χ2v) is 8.88. The van der Waals surface area contributed by atoms with Crippen molar-refractivity contribution in [3.05, 3.63) is 0 Å². The number of nitrogens with zero attached hydrogens (tertiary/aromatic N) is 1. The molecule has 1 spiro atoms. The molecule has 0 aromatic heterocycles. The number of hydrogen-bond donors (Lipinski definition) is 0. The van der Waals surface area contributed by atoms with E-state index in [2.05, 4.69) is 18.7 Å². The first-order valence-corrected chi connectivity index (χ1v) is 10.9. The van der Waals surface area contributed by atoms with Gasteiger partial charge in [-0.3, -0.25) is 4.79 Å². The van der Waals surface area contributed by atoms with Crippen LogP contribution in [0.5, 0.6) is 0 Å². The second-order valence-electron chi connectivity index (χ2n) is 8.88. The van der Waals surface area contributed by atoms with Gasteiger partial charge >= 0.3 is 0 Å². The van der Waals surface area contributed by atoms with Crippen molar-refractivity contribution in [2.24, 2.45) is 17.3 Å². The molecule has 0 radical (unpaired) electrons. The lowest BCUT2D eigenvalue weighted by molar-refractivity contribution is -0.128. The Bertz CT molecular complexity index is 406. The fourth-order valence-corrected chi connectivity index (χ4v) is 4.46. The average molecular weight is 368 g/mol. The molecule has 1 saturated carbocycles. The van der Waals surface area contributed by atoms with Crippen LogP contribution in [0.1, 0.15) is 72.6 Å². The maximum absolute atomic E-state index is 12.2. The van der Waals surface area contributed by atoms with Gasteiger partial charge < -0.3 is 14.4 Å². The van der Waals surface area contributed by atoms with Crippen molar-refractivity contribution in [2.75, 3.05) is 39.5 Å². The SMILES string of the molecule is CCC(C)OCCOCCN1CCC2(CCC(C(=O)C(C)C)CC2)CC1. The van der Waals surface area contributed by atoms with Crippen LogP contribution in [0, 0.1) is 17.3 Å². The predicted molar refractivity (Wildman–Crippen MR) is 106 cm³/mol. The quantitative estimate of drug-likeness (QED) is 0.539. The van der Waals surface area contributed by atoms with E-state index in [1.807, 2.05) is 13.8 Å². The van der Waals surface area contributed by atoms with Crippen LogP contribution in [-0.4, -0.2) is 56.2 Å². The predicted octanol–water partition coefficient (Wildman–Crippen LogP) is 4.32. The first-order valence-electron chi connectivity index (χ1n) is 10.9. The Morgan fingerprint density at radius 3 is 2.27 bits per heavy atom. The molecule has 2 rings (SSSR count). The molecule has 0 N–H and O–H groups in total. The van der Waals surface area contributed by atoms with Gasteiger partial charge in [-0.2, -0.15) is 0 Å². The molecule has 1 heterocycles. The number of likely N-dealkylation sites (tertiary alicyclic amines) is 1. The summed E-state index contributed by atoms with van der Waals surface area (Å²) < 4.78 is 11.4. The van der Waals surface area contributed by atoms with Crippen molar-refractivity contribution in [1.82, 2.24) is 4.90 Å². The van der Waals surface area contributed by atoms with E-state index in [9.17, 15) is 4.79 Å². The summed E-state index contributed by atoms with van der Waals surface area (Å²) in [6, 6.07) is 0. The summed E-state index contributed by atoms with van der Waals surface area (Å²) >= 11 is 0. The number of carbonyl (C=O) groups excluding carboxylic acids is 1. The molecule has 1 aliphatic heterocycles. The van der Waals surface area contributed by atoms with Crippen LogP contribution >= 0.6 is 0 Å². The fraction of sp³-hybridized carbons (Fsp3) is 0.955. The van der Waals surface area contributed by atoms with Crippen LogP contribution in [0.3, 0.4) is 0 Å². The van der Waals surface area contributed by atoms with Crippen molar-refractivity contribution in [3.63, 3.8) is 0 Å². The Kier molecular flexibility index (Phi) is 9.05. The maximum Gasteiger partial charge on any atom is 0.138 e. The normalized spacial score (nSPS) is 22.8. The monoisotopic (exact) mass is 367 g/mol. The molecule has 0 bridgehead atoms.